The minimum absolute atomic E-state index is 0.00226. The highest BCUT2D eigenvalue weighted by atomic mass is 32.2. The number of amides is 1. The highest BCUT2D eigenvalue weighted by molar-refractivity contribution is 7.99. The first kappa shape index (κ1) is 19.8. The van der Waals surface area contributed by atoms with Crippen LogP contribution in [-0.2, 0) is 13.2 Å². The summed E-state index contributed by atoms with van der Waals surface area (Å²) < 4.78 is 31.0. The number of thioether (sulfide) groups is 1. The molecule has 0 fully saturated rings. The second-order valence-electron chi connectivity index (χ2n) is 5.67. The molecular weight excluding hydrogens is 384 g/mol. The van der Waals surface area contributed by atoms with Crippen molar-refractivity contribution >= 4 is 17.7 Å². The van der Waals surface area contributed by atoms with Gasteiger partial charge in [0, 0.05) is 18.9 Å². The summed E-state index contributed by atoms with van der Waals surface area (Å²) in [5.41, 5.74) is 1.75. The molecule has 0 spiro atoms. The summed E-state index contributed by atoms with van der Waals surface area (Å²) in [7, 11) is 0. The van der Waals surface area contributed by atoms with Crippen LogP contribution in [0.4, 0.5) is 8.78 Å². The lowest BCUT2D eigenvalue weighted by atomic mass is 10.2. The van der Waals surface area contributed by atoms with Crippen LogP contribution in [0, 0.1) is 0 Å². The standard InChI is InChI=1S/C20H17F2N3O2S/c21-20(22)28-19-17(8-4-10-24-19)18(26)25-12-14-5-3-7-16(11-14)27-13-15-6-1-2-9-23-15/h1-11,20H,12-13H2,(H,25,26). The maximum absolute atomic E-state index is 12.6. The molecule has 5 nitrogen and oxygen atoms in total. The fourth-order valence-electron chi connectivity index (χ4n) is 2.41. The fraction of sp³-hybridized carbons (Fsp3) is 0.150. The Morgan fingerprint density at radius 3 is 2.71 bits per heavy atom. The lowest BCUT2D eigenvalue weighted by Crippen LogP contribution is -2.23. The quantitative estimate of drug-likeness (QED) is 0.570. The fourth-order valence-corrected chi connectivity index (χ4v) is 2.98. The minimum atomic E-state index is -2.64. The first-order valence-electron chi connectivity index (χ1n) is 8.41. The Morgan fingerprint density at radius 2 is 1.93 bits per heavy atom. The van der Waals surface area contributed by atoms with Crippen molar-refractivity contribution in [3.05, 3.63) is 83.8 Å². The van der Waals surface area contributed by atoms with Crippen molar-refractivity contribution in [3.8, 4) is 5.75 Å². The zero-order chi connectivity index (χ0) is 19.8. The van der Waals surface area contributed by atoms with Crippen molar-refractivity contribution in [1.29, 1.82) is 0 Å². The second-order valence-corrected chi connectivity index (χ2v) is 6.65. The highest BCUT2D eigenvalue weighted by Gasteiger charge is 2.16. The summed E-state index contributed by atoms with van der Waals surface area (Å²) in [5.74, 6) is -2.46. The zero-order valence-corrected chi connectivity index (χ0v) is 15.5. The normalized spacial score (nSPS) is 10.7. The number of nitrogens with one attached hydrogen (secondary N) is 1. The minimum Gasteiger partial charge on any atom is -0.487 e. The van der Waals surface area contributed by atoms with Crippen LogP contribution in [0.25, 0.3) is 0 Å². The van der Waals surface area contributed by atoms with E-state index in [2.05, 4.69) is 15.3 Å². The van der Waals surface area contributed by atoms with Gasteiger partial charge >= 0.3 is 0 Å². The molecular formula is C20H17F2N3O2S. The number of carbonyl (C=O) groups excluding carboxylic acids is 1. The van der Waals surface area contributed by atoms with Gasteiger partial charge in [-0.25, -0.2) is 4.98 Å². The summed E-state index contributed by atoms with van der Waals surface area (Å²) >= 11 is 0.251. The zero-order valence-electron chi connectivity index (χ0n) is 14.7. The van der Waals surface area contributed by atoms with Gasteiger partial charge in [-0.1, -0.05) is 18.2 Å². The molecule has 0 radical (unpaired) electrons. The predicted octanol–water partition coefficient (Wildman–Crippen LogP) is 4.30. The first-order chi connectivity index (χ1) is 13.6. The van der Waals surface area contributed by atoms with Crippen LogP contribution in [0.1, 0.15) is 21.6 Å². The van der Waals surface area contributed by atoms with Crippen LogP contribution < -0.4 is 10.1 Å². The Labute approximate surface area is 165 Å². The van der Waals surface area contributed by atoms with E-state index in [9.17, 15) is 13.6 Å². The molecule has 0 unspecified atom stereocenters. The molecule has 0 saturated carbocycles. The van der Waals surface area contributed by atoms with E-state index < -0.39 is 11.7 Å². The number of hydrogen-bond donors (Lipinski definition) is 1. The summed E-state index contributed by atoms with van der Waals surface area (Å²) in [6.07, 6.45) is 3.08. The average molecular weight is 401 g/mol. The van der Waals surface area contributed by atoms with Gasteiger partial charge in [0.1, 0.15) is 17.4 Å². The molecule has 28 heavy (non-hydrogen) atoms. The van der Waals surface area contributed by atoms with Crippen molar-refractivity contribution in [1.82, 2.24) is 15.3 Å². The maximum Gasteiger partial charge on any atom is 0.290 e. The summed E-state index contributed by atoms with van der Waals surface area (Å²) in [6, 6.07) is 15.9. The largest absolute Gasteiger partial charge is 0.487 e. The molecule has 2 heterocycles. The molecule has 2 aromatic heterocycles. The Bertz CT molecular complexity index is 926. The second kappa shape index (κ2) is 9.80. The molecule has 3 aromatic rings. The van der Waals surface area contributed by atoms with Crippen molar-refractivity contribution in [2.45, 2.75) is 23.9 Å². The highest BCUT2D eigenvalue weighted by Crippen LogP contribution is 2.26. The Morgan fingerprint density at radius 1 is 1.07 bits per heavy atom. The van der Waals surface area contributed by atoms with Crippen LogP contribution in [-0.4, -0.2) is 21.6 Å². The third-order valence-corrected chi connectivity index (χ3v) is 4.41. The Hall–Kier alpha value is -3.00. The Balaban J connectivity index is 1.60. The van der Waals surface area contributed by atoms with Gasteiger partial charge in [0.25, 0.3) is 11.7 Å². The number of hydrogen-bond acceptors (Lipinski definition) is 5. The summed E-state index contributed by atoms with van der Waals surface area (Å²) in [4.78, 5) is 20.4. The predicted molar refractivity (Wildman–Crippen MR) is 102 cm³/mol. The van der Waals surface area contributed by atoms with Crippen molar-refractivity contribution in [2.24, 2.45) is 0 Å². The number of halogens is 2. The van der Waals surface area contributed by atoms with Crippen LogP contribution in [0.5, 0.6) is 5.75 Å². The molecule has 1 N–H and O–H groups in total. The van der Waals surface area contributed by atoms with Gasteiger partial charge < -0.3 is 10.1 Å². The van der Waals surface area contributed by atoms with Crippen molar-refractivity contribution < 1.29 is 18.3 Å². The number of alkyl halides is 2. The van der Waals surface area contributed by atoms with E-state index in [1.807, 2.05) is 36.4 Å². The number of carbonyl (C=O) groups is 1. The molecule has 0 aliphatic carbocycles. The van der Waals surface area contributed by atoms with Gasteiger partial charge in [-0.15, -0.1) is 0 Å². The molecule has 0 saturated heterocycles. The summed E-state index contributed by atoms with van der Waals surface area (Å²) in [6.45, 7) is 0.563. The van der Waals surface area contributed by atoms with Gasteiger partial charge in [-0.3, -0.25) is 9.78 Å². The molecule has 0 bridgehead atoms. The molecule has 0 atom stereocenters. The monoisotopic (exact) mass is 401 g/mol. The molecule has 1 amide bonds. The number of aromatic nitrogens is 2. The molecule has 0 aliphatic heterocycles. The molecule has 144 valence electrons. The third-order valence-electron chi connectivity index (χ3n) is 3.68. The van der Waals surface area contributed by atoms with Gasteiger partial charge in [0.15, 0.2) is 0 Å². The first-order valence-corrected chi connectivity index (χ1v) is 9.29. The number of rotatable bonds is 8. The van der Waals surface area contributed by atoms with E-state index in [4.69, 9.17) is 4.74 Å². The number of benzene rings is 1. The van der Waals surface area contributed by atoms with E-state index in [0.717, 1.165) is 11.3 Å². The maximum atomic E-state index is 12.6. The molecule has 1 aromatic carbocycles. The van der Waals surface area contributed by atoms with E-state index in [1.54, 1.807) is 12.3 Å². The number of pyridine rings is 2. The van der Waals surface area contributed by atoms with Crippen LogP contribution in [0.15, 0.2) is 72.0 Å². The van der Waals surface area contributed by atoms with Gasteiger partial charge in [0.2, 0.25) is 0 Å². The lowest BCUT2D eigenvalue weighted by molar-refractivity contribution is 0.0947. The average Bonchev–Trinajstić information content (AvgIpc) is 2.71. The topological polar surface area (TPSA) is 64.1 Å². The Kier molecular flexibility index (Phi) is 6.91. The molecule has 0 aliphatic rings. The van der Waals surface area contributed by atoms with E-state index in [-0.39, 0.29) is 28.9 Å². The van der Waals surface area contributed by atoms with E-state index in [0.29, 0.717) is 12.4 Å². The van der Waals surface area contributed by atoms with Gasteiger partial charge in [-0.05, 0) is 53.7 Å². The van der Waals surface area contributed by atoms with E-state index in [1.165, 1.54) is 18.3 Å². The molecule has 3 rings (SSSR count). The van der Waals surface area contributed by atoms with Crippen LogP contribution in [0.2, 0.25) is 0 Å². The van der Waals surface area contributed by atoms with Crippen molar-refractivity contribution in [3.63, 3.8) is 0 Å². The van der Waals surface area contributed by atoms with Crippen LogP contribution in [0.3, 0.4) is 0 Å². The number of nitrogens with zero attached hydrogens (tertiary/aromatic N) is 2. The van der Waals surface area contributed by atoms with E-state index >= 15 is 0 Å². The van der Waals surface area contributed by atoms with Gasteiger partial charge in [0.05, 0.1) is 11.3 Å². The third kappa shape index (κ3) is 5.75. The smallest absolute Gasteiger partial charge is 0.290 e. The van der Waals surface area contributed by atoms with Gasteiger partial charge in [-0.2, -0.15) is 8.78 Å². The lowest BCUT2D eigenvalue weighted by Gasteiger charge is -2.10. The SMILES string of the molecule is O=C(NCc1cccc(OCc2ccccn2)c1)c1cccnc1SC(F)F. The number of ether oxygens (including phenoxy) is 1. The molecule has 8 heteroatoms. The van der Waals surface area contributed by atoms with Crippen molar-refractivity contribution in [2.75, 3.05) is 0 Å². The van der Waals surface area contributed by atoms with Crippen LogP contribution >= 0.6 is 11.8 Å². The summed E-state index contributed by atoms with van der Waals surface area (Å²) in [5, 5.41) is 2.73.